The Labute approximate surface area is 119 Å². The van der Waals surface area contributed by atoms with Gasteiger partial charge in [-0.1, -0.05) is 19.3 Å². The number of hydrogen-bond donors (Lipinski definition) is 1. The van der Waals surface area contributed by atoms with Crippen molar-refractivity contribution in [3.8, 4) is 0 Å². The molecule has 0 radical (unpaired) electrons. The molecular formula is C16H22N2O2. The molecule has 0 amide bonds. The maximum absolute atomic E-state index is 10.5. The molecule has 0 saturated heterocycles. The summed E-state index contributed by atoms with van der Waals surface area (Å²) >= 11 is 0. The van der Waals surface area contributed by atoms with Gasteiger partial charge in [-0.2, -0.15) is 5.10 Å². The van der Waals surface area contributed by atoms with E-state index in [1.165, 1.54) is 32.1 Å². The van der Waals surface area contributed by atoms with Gasteiger partial charge >= 0.3 is 0 Å². The highest BCUT2D eigenvalue weighted by molar-refractivity contribution is 5.18. The fourth-order valence-electron chi connectivity index (χ4n) is 3.05. The summed E-state index contributed by atoms with van der Waals surface area (Å²) in [4.78, 5) is 0. The van der Waals surface area contributed by atoms with Gasteiger partial charge in [0.15, 0.2) is 0 Å². The average Bonchev–Trinajstić information content (AvgIpc) is 3.10. The van der Waals surface area contributed by atoms with E-state index in [1.54, 1.807) is 25.5 Å². The van der Waals surface area contributed by atoms with Crippen molar-refractivity contribution in [1.82, 2.24) is 9.78 Å². The van der Waals surface area contributed by atoms with Crippen LogP contribution in [0, 0.1) is 0 Å². The van der Waals surface area contributed by atoms with E-state index in [9.17, 15) is 5.11 Å². The molecule has 1 N–H and O–H groups in total. The summed E-state index contributed by atoms with van der Waals surface area (Å²) in [6.45, 7) is 1.80. The van der Waals surface area contributed by atoms with Gasteiger partial charge in [-0.3, -0.25) is 4.68 Å². The summed E-state index contributed by atoms with van der Waals surface area (Å²) in [5.41, 5.74) is 0.796. The molecule has 4 nitrogen and oxygen atoms in total. The second kappa shape index (κ2) is 5.44. The number of rotatable bonds is 4. The zero-order valence-electron chi connectivity index (χ0n) is 12.0. The van der Waals surface area contributed by atoms with Crippen LogP contribution >= 0.6 is 0 Å². The van der Waals surface area contributed by atoms with Crippen LogP contribution in [0.25, 0.3) is 0 Å². The first-order chi connectivity index (χ1) is 9.65. The zero-order valence-corrected chi connectivity index (χ0v) is 12.0. The van der Waals surface area contributed by atoms with Crippen molar-refractivity contribution >= 4 is 0 Å². The zero-order chi connectivity index (χ0) is 14.0. The summed E-state index contributed by atoms with van der Waals surface area (Å²) in [5, 5.41) is 15.2. The Kier molecular flexibility index (Phi) is 3.66. The summed E-state index contributed by atoms with van der Waals surface area (Å²) in [5.74, 6) is 0. The van der Waals surface area contributed by atoms with Gasteiger partial charge in [0.2, 0.25) is 0 Å². The topological polar surface area (TPSA) is 51.2 Å². The maximum atomic E-state index is 10.5. The first kappa shape index (κ1) is 13.4. The number of aromatic nitrogens is 2. The Hall–Kier alpha value is -1.55. The normalized spacial score (nSPS) is 19.9. The lowest BCUT2D eigenvalue weighted by Gasteiger charge is -2.22. The van der Waals surface area contributed by atoms with Crippen molar-refractivity contribution in [2.24, 2.45) is 0 Å². The minimum absolute atomic E-state index is 0.506. The van der Waals surface area contributed by atoms with Crippen molar-refractivity contribution in [3.05, 3.63) is 42.1 Å². The Morgan fingerprint density at radius 3 is 2.85 bits per heavy atom. The summed E-state index contributed by atoms with van der Waals surface area (Å²) in [6, 6.07) is 4.36. The first-order valence-corrected chi connectivity index (χ1v) is 7.44. The van der Waals surface area contributed by atoms with Crippen molar-refractivity contribution in [1.29, 1.82) is 0 Å². The van der Waals surface area contributed by atoms with E-state index in [0.717, 1.165) is 11.3 Å². The molecule has 0 aliphatic heterocycles. The van der Waals surface area contributed by atoms with Gasteiger partial charge in [0.05, 0.1) is 29.9 Å². The number of hydrogen-bond acceptors (Lipinski definition) is 3. The molecule has 2 aromatic heterocycles. The highest BCUT2D eigenvalue weighted by Crippen LogP contribution is 2.29. The molecule has 1 atom stereocenters. The van der Waals surface area contributed by atoms with Crippen LogP contribution in [-0.2, 0) is 12.0 Å². The average molecular weight is 274 g/mol. The lowest BCUT2D eigenvalue weighted by molar-refractivity contribution is 0.0557. The van der Waals surface area contributed by atoms with Crippen LogP contribution < -0.4 is 0 Å². The smallest absolute Gasteiger partial charge is 0.0963 e. The second-order valence-corrected chi connectivity index (χ2v) is 6.04. The highest BCUT2D eigenvalue weighted by atomic mass is 16.3. The molecule has 2 heterocycles. The molecule has 0 spiro atoms. The van der Waals surface area contributed by atoms with Crippen molar-refractivity contribution < 1.29 is 9.52 Å². The van der Waals surface area contributed by atoms with E-state index >= 15 is 0 Å². The molecule has 1 aliphatic carbocycles. The number of nitrogens with zero attached hydrogens (tertiary/aromatic N) is 2. The van der Waals surface area contributed by atoms with Crippen LogP contribution in [0.2, 0.25) is 0 Å². The molecule has 2 aromatic rings. The van der Waals surface area contributed by atoms with Gasteiger partial charge in [0.25, 0.3) is 0 Å². The molecule has 108 valence electrons. The minimum Gasteiger partial charge on any atom is -0.472 e. The fourth-order valence-corrected chi connectivity index (χ4v) is 3.05. The van der Waals surface area contributed by atoms with E-state index in [-0.39, 0.29) is 0 Å². The third kappa shape index (κ3) is 2.80. The summed E-state index contributed by atoms with van der Waals surface area (Å²) < 4.78 is 7.14. The Balaban J connectivity index is 1.70. The second-order valence-electron chi connectivity index (χ2n) is 6.04. The van der Waals surface area contributed by atoms with E-state index < -0.39 is 5.60 Å². The van der Waals surface area contributed by atoms with E-state index in [1.807, 2.05) is 6.07 Å². The number of aliphatic hydroxyl groups is 1. The van der Waals surface area contributed by atoms with Crippen molar-refractivity contribution in [2.75, 3.05) is 0 Å². The van der Waals surface area contributed by atoms with Gasteiger partial charge in [-0.05, 0) is 31.9 Å². The van der Waals surface area contributed by atoms with E-state index in [2.05, 4.69) is 16.0 Å². The van der Waals surface area contributed by atoms with Crippen LogP contribution in [0.4, 0.5) is 0 Å². The molecule has 3 rings (SSSR count). The standard InChI is InChI=1S/C16H22N2O2/c1-16(19,13-8-10-20-12-13)11-14-7-9-18(17-14)15-5-3-2-4-6-15/h7-10,12,15,19H,2-6,11H2,1H3. The number of furan rings is 1. The quantitative estimate of drug-likeness (QED) is 0.929. The van der Waals surface area contributed by atoms with Gasteiger partial charge in [-0.15, -0.1) is 0 Å². The lowest BCUT2D eigenvalue weighted by Crippen LogP contribution is -2.24. The molecule has 4 heteroatoms. The molecular weight excluding hydrogens is 252 g/mol. The lowest BCUT2D eigenvalue weighted by atomic mass is 9.94. The largest absolute Gasteiger partial charge is 0.472 e. The monoisotopic (exact) mass is 274 g/mol. The van der Waals surface area contributed by atoms with Gasteiger partial charge in [0, 0.05) is 18.2 Å². The van der Waals surface area contributed by atoms with Crippen molar-refractivity contribution in [3.63, 3.8) is 0 Å². The Morgan fingerprint density at radius 1 is 1.35 bits per heavy atom. The molecule has 20 heavy (non-hydrogen) atoms. The SMILES string of the molecule is CC(O)(Cc1ccn(C2CCCCC2)n1)c1ccoc1. The summed E-state index contributed by atoms with van der Waals surface area (Å²) in [6.07, 6.45) is 12.1. The van der Waals surface area contributed by atoms with Gasteiger partial charge < -0.3 is 9.52 Å². The van der Waals surface area contributed by atoms with Crippen LogP contribution in [0.5, 0.6) is 0 Å². The van der Waals surface area contributed by atoms with E-state index in [0.29, 0.717) is 12.5 Å². The van der Waals surface area contributed by atoms with Crippen LogP contribution in [0.1, 0.15) is 56.3 Å². The molecule has 1 saturated carbocycles. The predicted octanol–water partition coefficient (Wildman–Crippen LogP) is 3.43. The molecule has 1 fully saturated rings. The Bertz CT molecular complexity index is 537. The van der Waals surface area contributed by atoms with Gasteiger partial charge in [0.1, 0.15) is 0 Å². The first-order valence-electron chi connectivity index (χ1n) is 7.44. The van der Waals surface area contributed by atoms with Gasteiger partial charge in [-0.25, -0.2) is 0 Å². The third-order valence-corrected chi connectivity index (χ3v) is 4.28. The van der Waals surface area contributed by atoms with Crippen LogP contribution in [-0.4, -0.2) is 14.9 Å². The minimum atomic E-state index is -0.932. The predicted molar refractivity (Wildman–Crippen MR) is 76.3 cm³/mol. The molecule has 0 bridgehead atoms. The maximum Gasteiger partial charge on any atom is 0.0963 e. The molecule has 0 aromatic carbocycles. The molecule has 1 aliphatic rings. The Morgan fingerprint density at radius 2 is 2.15 bits per heavy atom. The van der Waals surface area contributed by atoms with Crippen LogP contribution in [0.15, 0.2) is 35.3 Å². The fraction of sp³-hybridized carbons (Fsp3) is 0.562. The van der Waals surface area contributed by atoms with E-state index in [4.69, 9.17) is 4.42 Å². The molecule has 1 unspecified atom stereocenters. The van der Waals surface area contributed by atoms with Crippen molar-refractivity contribution in [2.45, 2.75) is 57.1 Å². The third-order valence-electron chi connectivity index (χ3n) is 4.28. The highest BCUT2D eigenvalue weighted by Gasteiger charge is 2.26. The summed E-state index contributed by atoms with van der Waals surface area (Å²) in [7, 11) is 0. The van der Waals surface area contributed by atoms with Crippen LogP contribution in [0.3, 0.4) is 0 Å².